The minimum absolute atomic E-state index is 0.0444. The molecular formula is C30H44O3. The van der Waals surface area contributed by atoms with Crippen LogP contribution in [-0.2, 0) is 21.7 Å². The monoisotopic (exact) mass is 452 g/mol. The summed E-state index contributed by atoms with van der Waals surface area (Å²) in [6.07, 6.45) is 1.02. The summed E-state index contributed by atoms with van der Waals surface area (Å²) in [5.74, 6) is 0.443. The standard InChI is InChI=1S/C30H44O3/c1-13-30(11,12)20-14-15-24(21(18-20)27(2,3)4)33-26(32)19-16-22(28(5,6)7)25(31)23(17-19)29(8,9)10/h14-18,31H,13H2,1-12H3. The molecule has 0 aliphatic rings. The van der Waals surface area contributed by atoms with Crippen LogP contribution in [0.25, 0.3) is 0 Å². The van der Waals surface area contributed by atoms with E-state index in [9.17, 15) is 9.90 Å². The number of hydrogen-bond acceptors (Lipinski definition) is 3. The molecule has 3 nitrogen and oxygen atoms in total. The van der Waals surface area contributed by atoms with Crippen molar-refractivity contribution in [1.29, 1.82) is 0 Å². The van der Waals surface area contributed by atoms with Crippen molar-refractivity contribution in [3.8, 4) is 11.5 Å². The molecule has 1 N–H and O–H groups in total. The highest BCUT2D eigenvalue weighted by Crippen LogP contribution is 2.41. The van der Waals surface area contributed by atoms with Crippen molar-refractivity contribution in [2.75, 3.05) is 0 Å². The molecule has 0 fully saturated rings. The molecule has 0 unspecified atom stereocenters. The number of phenols is 1. The Balaban J connectivity index is 2.61. The van der Waals surface area contributed by atoms with Crippen LogP contribution >= 0.6 is 0 Å². The lowest BCUT2D eigenvalue weighted by Crippen LogP contribution is -2.22. The maximum atomic E-state index is 13.4. The van der Waals surface area contributed by atoms with Crippen LogP contribution in [0.15, 0.2) is 30.3 Å². The Hall–Kier alpha value is -2.29. The third-order valence-electron chi connectivity index (χ3n) is 6.62. The molecule has 33 heavy (non-hydrogen) atoms. The molecule has 0 saturated carbocycles. The Labute approximate surface area is 201 Å². The molecule has 0 saturated heterocycles. The molecule has 0 aliphatic carbocycles. The van der Waals surface area contributed by atoms with Crippen molar-refractivity contribution >= 4 is 5.97 Å². The molecule has 0 amide bonds. The third-order valence-corrected chi connectivity index (χ3v) is 6.62. The summed E-state index contributed by atoms with van der Waals surface area (Å²) in [7, 11) is 0. The van der Waals surface area contributed by atoms with E-state index < -0.39 is 5.97 Å². The number of benzene rings is 2. The van der Waals surface area contributed by atoms with Gasteiger partial charge in [0.15, 0.2) is 0 Å². The van der Waals surface area contributed by atoms with Gasteiger partial charge in [-0.3, -0.25) is 0 Å². The summed E-state index contributed by atoms with van der Waals surface area (Å²) in [4.78, 5) is 13.4. The molecule has 3 heteroatoms. The van der Waals surface area contributed by atoms with Gasteiger partial charge in [-0.1, -0.05) is 95.2 Å². The van der Waals surface area contributed by atoms with Crippen LogP contribution in [0, 0.1) is 0 Å². The first-order valence-electron chi connectivity index (χ1n) is 12.0. The van der Waals surface area contributed by atoms with Gasteiger partial charge >= 0.3 is 5.97 Å². The first kappa shape index (κ1) is 27.0. The van der Waals surface area contributed by atoms with Gasteiger partial charge in [0, 0.05) is 16.7 Å². The number of esters is 1. The summed E-state index contributed by atoms with van der Waals surface area (Å²) >= 11 is 0. The normalized spacial score (nSPS) is 13.2. The largest absolute Gasteiger partial charge is 0.507 e. The summed E-state index contributed by atoms with van der Waals surface area (Å²) in [5, 5.41) is 11.0. The van der Waals surface area contributed by atoms with E-state index in [2.05, 4.69) is 53.7 Å². The fraction of sp³-hybridized carbons (Fsp3) is 0.567. The highest BCUT2D eigenvalue weighted by molar-refractivity contribution is 5.92. The Kier molecular flexibility index (Phi) is 7.20. The average Bonchev–Trinajstić information content (AvgIpc) is 2.65. The van der Waals surface area contributed by atoms with E-state index >= 15 is 0 Å². The Morgan fingerprint density at radius 2 is 1.21 bits per heavy atom. The molecular weight excluding hydrogens is 408 g/mol. The summed E-state index contributed by atoms with van der Waals surface area (Å²) in [6, 6.07) is 9.74. The molecule has 2 rings (SSSR count). The topological polar surface area (TPSA) is 46.5 Å². The molecule has 0 atom stereocenters. The van der Waals surface area contributed by atoms with Crippen molar-refractivity contribution < 1.29 is 14.6 Å². The maximum absolute atomic E-state index is 13.4. The van der Waals surface area contributed by atoms with Crippen LogP contribution < -0.4 is 4.74 Å². The molecule has 2 aromatic carbocycles. The third kappa shape index (κ3) is 5.99. The van der Waals surface area contributed by atoms with Gasteiger partial charge in [-0.15, -0.1) is 0 Å². The Morgan fingerprint density at radius 1 is 0.758 bits per heavy atom. The second kappa shape index (κ2) is 8.81. The van der Waals surface area contributed by atoms with E-state index in [4.69, 9.17) is 4.74 Å². The first-order chi connectivity index (χ1) is 14.8. The quantitative estimate of drug-likeness (QED) is 0.376. The predicted molar refractivity (Wildman–Crippen MR) is 139 cm³/mol. The van der Waals surface area contributed by atoms with Gasteiger partial charge in [0.1, 0.15) is 11.5 Å². The van der Waals surface area contributed by atoms with Crippen LogP contribution in [0.4, 0.5) is 0 Å². The second-order valence-corrected chi connectivity index (χ2v) is 13.0. The van der Waals surface area contributed by atoms with Gasteiger partial charge in [-0.05, 0) is 51.8 Å². The van der Waals surface area contributed by atoms with Gasteiger partial charge in [-0.25, -0.2) is 4.79 Å². The molecule has 2 aromatic rings. The molecule has 0 spiro atoms. The van der Waals surface area contributed by atoms with Gasteiger partial charge in [0.05, 0.1) is 5.56 Å². The van der Waals surface area contributed by atoms with Crippen molar-refractivity contribution in [2.45, 2.75) is 111 Å². The number of aromatic hydroxyl groups is 1. The molecule has 0 aromatic heterocycles. The number of carbonyl (C=O) groups excluding carboxylic acids is 1. The van der Waals surface area contributed by atoms with Crippen LogP contribution in [0.3, 0.4) is 0 Å². The van der Waals surface area contributed by atoms with Crippen molar-refractivity contribution in [2.24, 2.45) is 0 Å². The fourth-order valence-electron chi connectivity index (χ4n) is 3.88. The van der Waals surface area contributed by atoms with Crippen molar-refractivity contribution in [3.05, 3.63) is 58.1 Å². The highest BCUT2D eigenvalue weighted by atomic mass is 16.5. The van der Waals surface area contributed by atoms with Crippen LogP contribution in [0.2, 0.25) is 0 Å². The zero-order chi connectivity index (χ0) is 25.6. The van der Waals surface area contributed by atoms with E-state index in [1.807, 2.05) is 47.6 Å². The fourth-order valence-corrected chi connectivity index (χ4v) is 3.88. The minimum Gasteiger partial charge on any atom is -0.507 e. The predicted octanol–water partition coefficient (Wildman–Crippen LogP) is 8.19. The van der Waals surface area contributed by atoms with Gasteiger partial charge in [-0.2, -0.15) is 0 Å². The van der Waals surface area contributed by atoms with Gasteiger partial charge in [0.2, 0.25) is 0 Å². The number of rotatable bonds is 4. The second-order valence-electron chi connectivity index (χ2n) is 13.0. The number of carbonyl (C=O) groups is 1. The lowest BCUT2D eigenvalue weighted by atomic mass is 9.78. The first-order valence-corrected chi connectivity index (χ1v) is 12.0. The lowest BCUT2D eigenvalue weighted by molar-refractivity contribution is 0.0731. The smallest absolute Gasteiger partial charge is 0.343 e. The number of hydrogen-bond donors (Lipinski definition) is 1. The zero-order valence-corrected chi connectivity index (χ0v) is 22.9. The summed E-state index contributed by atoms with van der Waals surface area (Å²) in [5.41, 5.74) is 3.44. The van der Waals surface area contributed by atoms with Gasteiger partial charge in [0.25, 0.3) is 0 Å². The number of phenolic OH excluding ortho intramolecular Hbond substituents is 1. The van der Waals surface area contributed by atoms with E-state index in [-0.39, 0.29) is 27.4 Å². The van der Waals surface area contributed by atoms with E-state index in [0.29, 0.717) is 11.3 Å². The van der Waals surface area contributed by atoms with Crippen molar-refractivity contribution in [3.63, 3.8) is 0 Å². The SMILES string of the molecule is CCC(C)(C)c1ccc(OC(=O)c2cc(C(C)(C)C)c(O)c(C(C)(C)C)c2)c(C(C)(C)C)c1. The Bertz CT molecular complexity index is 987. The number of ether oxygens (including phenoxy) is 1. The lowest BCUT2D eigenvalue weighted by Gasteiger charge is -2.29. The van der Waals surface area contributed by atoms with E-state index in [1.54, 1.807) is 12.1 Å². The van der Waals surface area contributed by atoms with Crippen LogP contribution in [0.5, 0.6) is 11.5 Å². The average molecular weight is 453 g/mol. The molecule has 0 heterocycles. The van der Waals surface area contributed by atoms with Crippen molar-refractivity contribution in [1.82, 2.24) is 0 Å². The summed E-state index contributed by atoms with van der Waals surface area (Å²) in [6.45, 7) is 25.3. The maximum Gasteiger partial charge on any atom is 0.343 e. The van der Waals surface area contributed by atoms with E-state index in [1.165, 1.54) is 5.56 Å². The molecule has 182 valence electrons. The minimum atomic E-state index is -0.404. The zero-order valence-electron chi connectivity index (χ0n) is 22.9. The van der Waals surface area contributed by atoms with Crippen LogP contribution in [-0.4, -0.2) is 11.1 Å². The molecule has 0 bridgehead atoms. The van der Waals surface area contributed by atoms with E-state index in [0.717, 1.165) is 23.1 Å². The molecule has 0 aliphatic heterocycles. The van der Waals surface area contributed by atoms with Crippen LogP contribution in [0.1, 0.15) is 122 Å². The summed E-state index contributed by atoms with van der Waals surface area (Å²) < 4.78 is 6.01. The Morgan fingerprint density at radius 3 is 1.61 bits per heavy atom. The van der Waals surface area contributed by atoms with Gasteiger partial charge < -0.3 is 9.84 Å². The molecule has 0 radical (unpaired) electrons. The highest BCUT2D eigenvalue weighted by Gasteiger charge is 2.30.